The Morgan fingerprint density at radius 1 is 1.09 bits per heavy atom. The standard InChI is InChI=1S/C22H20F3NO5S/c1-13-8-20(19(28-2)10-17(13)30-11-21(27)29-3)32-12-16-9-18(31-26-16)14-4-6-15(7-5-14)22(23,24)25/h4-10H,11-12H2,1-3H3. The van der Waals surface area contributed by atoms with Crippen LogP contribution in [0.3, 0.4) is 0 Å². The Morgan fingerprint density at radius 3 is 2.44 bits per heavy atom. The molecule has 0 saturated heterocycles. The van der Waals surface area contributed by atoms with E-state index in [0.29, 0.717) is 34.3 Å². The fourth-order valence-electron chi connectivity index (χ4n) is 2.76. The summed E-state index contributed by atoms with van der Waals surface area (Å²) in [7, 11) is 2.81. The largest absolute Gasteiger partial charge is 0.495 e. The zero-order chi connectivity index (χ0) is 23.3. The van der Waals surface area contributed by atoms with Crippen molar-refractivity contribution < 1.29 is 36.7 Å². The second kappa shape index (κ2) is 9.99. The molecule has 0 atom stereocenters. The molecule has 0 aliphatic rings. The van der Waals surface area contributed by atoms with Crippen LogP contribution in [0, 0.1) is 6.92 Å². The first-order chi connectivity index (χ1) is 15.2. The van der Waals surface area contributed by atoms with Crippen LogP contribution in [0.1, 0.15) is 16.8 Å². The maximum atomic E-state index is 12.7. The van der Waals surface area contributed by atoms with E-state index >= 15 is 0 Å². The molecule has 1 aromatic heterocycles. The van der Waals surface area contributed by atoms with Gasteiger partial charge in [0.05, 0.1) is 30.4 Å². The number of hydrogen-bond acceptors (Lipinski definition) is 7. The molecule has 0 bridgehead atoms. The topological polar surface area (TPSA) is 70.8 Å². The quantitative estimate of drug-likeness (QED) is 0.319. The highest BCUT2D eigenvalue weighted by Gasteiger charge is 2.30. The van der Waals surface area contributed by atoms with E-state index in [1.54, 1.807) is 12.1 Å². The van der Waals surface area contributed by atoms with Gasteiger partial charge in [0.1, 0.15) is 11.5 Å². The Balaban J connectivity index is 1.69. The molecular formula is C22H20F3NO5S. The minimum absolute atomic E-state index is 0.210. The maximum absolute atomic E-state index is 12.7. The first-order valence-corrected chi connectivity index (χ1v) is 10.3. The highest BCUT2D eigenvalue weighted by molar-refractivity contribution is 7.98. The number of thioether (sulfide) groups is 1. The number of benzene rings is 2. The lowest BCUT2D eigenvalue weighted by Gasteiger charge is -2.13. The highest BCUT2D eigenvalue weighted by Crippen LogP contribution is 2.37. The number of esters is 1. The van der Waals surface area contributed by atoms with E-state index in [1.807, 2.05) is 13.0 Å². The predicted octanol–water partition coefficient (Wildman–Crippen LogP) is 5.52. The molecule has 0 N–H and O–H groups in total. The average molecular weight is 467 g/mol. The molecule has 6 nitrogen and oxygen atoms in total. The van der Waals surface area contributed by atoms with Gasteiger partial charge in [-0.25, -0.2) is 4.79 Å². The normalized spacial score (nSPS) is 11.3. The van der Waals surface area contributed by atoms with Crippen LogP contribution in [0.25, 0.3) is 11.3 Å². The van der Waals surface area contributed by atoms with Crippen LogP contribution in [0.4, 0.5) is 13.2 Å². The Bertz CT molecular complexity index is 1080. The van der Waals surface area contributed by atoms with Gasteiger partial charge in [0.15, 0.2) is 12.4 Å². The fourth-order valence-corrected chi connectivity index (χ4v) is 3.74. The smallest absolute Gasteiger partial charge is 0.416 e. The van der Waals surface area contributed by atoms with E-state index in [9.17, 15) is 18.0 Å². The number of ether oxygens (including phenoxy) is 3. The van der Waals surface area contributed by atoms with E-state index in [1.165, 1.54) is 38.1 Å². The van der Waals surface area contributed by atoms with Crippen molar-refractivity contribution in [1.29, 1.82) is 0 Å². The van der Waals surface area contributed by atoms with Crippen molar-refractivity contribution in [2.75, 3.05) is 20.8 Å². The molecule has 2 aromatic carbocycles. The fraction of sp³-hybridized carbons (Fsp3) is 0.273. The van der Waals surface area contributed by atoms with Crippen molar-refractivity contribution in [2.24, 2.45) is 0 Å². The maximum Gasteiger partial charge on any atom is 0.416 e. The van der Waals surface area contributed by atoms with Crippen molar-refractivity contribution >= 4 is 17.7 Å². The minimum atomic E-state index is -4.39. The van der Waals surface area contributed by atoms with E-state index in [-0.39, 0.29) is 6.61 Å². The van der Waals surface area contributed by atoms with Gasteiger partial charge in [-0.1, -0.05) is 17.3 Å². The Morgan fingerprint density at radius 2 is 1.81 bits per heavy atom. The summed E-state index contributed by atoms with van der Waals surface area (Å²) in [6.07, 6.45) is -4.39. The predicted molar refractivity (Wildman–Crippen MR) is 112 cm³/mol. The first-order valence-electron chi connectivity index (χ1n) is 9.35. The molecule has 0 saturated carbocycles. The van der Waals surface area contributed by atoms with E-state index in [0.717, 1.165) is 22.6 Å². The molecular weight excluding hydrogens is 447 g/mol. The number of carbonyl (C=O) groups is 1. The molecule has 3 rings (SSSR count). The number of rotatable bonds is 8. The summed E-state index contributed by atoms with van der Waals surface area (Å²) in [4.78, 5) is 12.1. The molecule has 0 radical (unpaired) electrons. The number of halogens is 3. The number of methoxy groups -OCH3 is 2. The van der Waals surface area contributed by atoms with Gasteiger partial charge in [0.2, 0.25) is 0 Å². The minimum Gasteiger partial charge on any atom is -0.495 e. The number of nitrogens with zero attached hydrogens (tertiary/aromatic N) is 1. The molecule has 0 unspecified atom stereocenters. The summed E-state index contributed by atoms with van der Waals surface area (Å²) >= 11 is 1.45. The van der Waals surface area contributed by atoms with Crippen LogP contribution in [0.2, 0.25) is 0 Å². The van der Waals surface area contributed by atoms with Gasteiger partial charge >= 0.3 is 12.1 Å². The second-order valence-corrected chi connectivity index (χ2v) is 7.70. The van der Waals surface area contributed by atoms with Gasteiger partial charge in [-0.3, -0.25) is 0 Å². The van der Waals surface area contributed by atoms with Crippen molar-refractivity contribution in [3.63, 3.8) is 0 Å². The molecule has 0 aliphatic heterocycles. The lowest BCUT2D eigenvalue weighted by atomic mass is 10.1. The van der Waals surface area contributed by atoms with E-state index in [2.05, 4.69) is 9.89 Å². The molecule has 10 heteroatoms. The highest BCUT2D eigenvalue weighted by atomic mass is 32.2. The Kier molecular flexibility index (Phi) is 7.34. The van der Waals surface area contributed by atoms with Crippen LogP contribution in [0.5, 0.6) is 11.5 Å². The van der Waals surface area contributed by atoms with Crippen LogP contribution >= 0.6 is 11.8 Å². The molecule has 3 aromatic rings. The van der Waals surface area contributed by atoms with Gasteiger partial charge in [0.25, 0.3) is 0 Å². The molecule has 0 aliphatic carbocycles. The summed E-state index contributed by atoms with van der Waals surface area (Å²) in [6, 6.07) is 9.94. The van der Waals surface area contributed by atoms with Crippen molar-refractivity contribution in [3.05, 3.63) is 59.3 Å². The lowest BCUT2D eigenvalue weighted by molar-refractivity contribution is -0.143. The number of aromatic nitrogens is 1. The third-order valence-corrected chi connectivity index (χ3v) is 5.54. The molecule has 32 heavy (non-hydrogen) atoms. The summed E-state index contributed by atoms with van der Waals surface area (Å²) in [5.74, 6) is 1.40. The Hall–Kier alpha value is -3.14. The molecule has 170 valence electrons. The van der Waals surface area contributed by atoms with Crippen LogP contribution in [0.15, 0.2) is 51.9 Å². The van der Waals surface area contributed by atoms with Gasteiger partial charge in [-0.05, 0) is 30.7 Å². The second-order valence-electron chi connectivity index (χ2n) is 6.68. The summed E-state index contributed by atoms with van der Waals surface area (Å²) in [6.45, 7) is 1.63. The Labute approximate surface area is 186 Å². The van der Waals surface area contributed by atoms with Crippen molar-refractivity contribution in [2.45, 2.75) is 23.7 Å². The van der Waals surface area contributed by atoms with Crippen molar-refractivity contribution in [3.8, 4) is 22.8 Å². The van der Waals surface area contributed by atoms with Crippen LogP contribution in [-0.4, -0.2) is 32.0 Å². The lowest BCUT2D eigenvalue weighted by Crippen LogP contribution is -2.13. The van der Waals surface area contributed by atoms with E-state index < -0.39 is 17.7 Å². The van der Waals surface area contributed by atoms with Crippen LogP contribution < -0.4 is 9.47 Å². The van der Waals surface area contributed by atoms with Gasteiger partial charge in [-0.15, -0.1) is 11.8 Å². The summed E-state index contributed by atoms with van der Waals surface area (Å²) in [5.41, 5.74) is 1.21. The molecule has 0 spiro atoms. The summed E-state index contributed by atoms with van der Waals surface area (Å²) < 4.78 is 58.9. The SMILES string of the molecule is COC(=O)COc1cc(OC)c(SCc2cc(-c3ccc(C(F)(F)F)cc3)on2)cc1C. The third-order valence-electron chi connectivity index (χ3n) is 4.47. The summed E-state index contributed by atoms with van der Waals surface area (Å²) in [5, 5.41) is 4.00. The van der Waals surface area contributed by atoms with E-state index in [4.69, 9.17) is 14.0 Å². The average Bonchev–Trinajstić information content (AvgIpc) is 3.25. The zero-order valence-corrected chi connectivity index (χ0v) is 18.3. The molecule has 1 heterocycles. The van der Waals surface area contributed by atoms with Crippen molar-refractivity contribution in [1.82, 2.24) is 5.16 Å². The zero-order valence-electron chi connectivity index (χ0n) is 17.5. The monoisotopic (exact) mass is 467 g/mol. The number of alkyl halides is 3. The molecule has 0 amide bonds. The van der Waals surface area contributed by atoms with Gasteiger partial charge in [0, 0.05) is 23.4 Å². The van der Waals surface area contributed by atoms with Gasteiger partial charge in [-0.2, -0.15) is 13.2 Å². The third kappa shape index (κ3) is 5.76. The number of aryl methyl sites for hydroxylation is 1. The number of hydrogen-bond donors (Lipinski definition) is 0. The van der Waals surface area contributed by atoms with Gasteiger partial charge < -0.3 is 18.7 Å². The number of carbonyl (C=O) groups excluding carboxylic acids is 1. The molecule has 0 fully saturated rings. The van der Waals surface area contributed by atoms with Crippen LogP contribution in [-0.2, 0) is 21.5 Å². The first kappa shape index (κ1) is 23.5.